The Morgan fingerprint density at radius 2 is 1.96 bits per heavy atom. The Bertz CT molecular complexity index is 562. The zero-order valence-electron chi connectivity index (χ0n) is 18.5. The number of guanidine groups is 1. The van der Waals surface area contributed by atoms with E-state index < -0.39 is 0 Å². The molecule has 0 atom stereocenters. The number of thioether (sulfide) groups is 1. The Balaban J connectivity index is 2.29. The quantitative estimate of drug-likeness (QED) is 0.208. The van der Waals surface area contributed by atoms with Crippen LogP contribution < -0.4 is 10.6 Å². The van der Waals surface area contributed by atoms with Crippen LogP contribution >= 0.6 is 11.8 Å². The largest absolute Gasteiger partial charge is 0.385 e. The molecule has 0 bridgehead atoms. The Labute approximate surface area is 174 Å². The third kappa shape index (κ3) is 9.75. The summed E-state index contributed by atoms with van der Waals surface area (Å²) in [5, 5.41) is 16.4. The number of aryl methyl sites for hydroxylation is 1. The molecule has 28 heavy (non-hydrogen) atoms. The first kappa shape index (κ1) is 24.7. The lowest BCUT2D eigenvalue weighted by molar-refractivity contribution is 0.180. The molecule has 0 aliphatic carbocycles. The highest BCUT2D eigenvalue weighted by Crippen LogP contribution is 2.16. The van der Waals surface area contributed by atoms with Crippen molar-refractivity contribution in [1.29, 1.82) is 0 Å². The van der Waals surface area contributed by atoms with E-state index in [1.165, 1.54) is 0 Å². The monoisotopic (exact) mass is 413 g/mol. The van der Waals surface area contributed by atoms with Crippen LogP contribution in [0.15, 0.2) is 10.1 Å². The third-order valence-corrected chi connectivity index (χ3v) is 4.96. The van der Waals surface area contributed by atoms with Gasteiger partial charge >= 0.3 is 0 Å². The normalized spacial score (nSPS) is 12.2. The summed E-state index contributed by atoms with van der Waals surface area (Å²) in [6.07, 6.45) is 5.01. The van der Waals surface area contributed by atoms with E-state index in [1.807, 2.05) is 7.05 Å². The van der Waals surface area contributed by atoms with Crippen molar-refractivity contribution in [2.45, 2.75) is 44.8 Å². The fourth-order valence-electron chi connectivity index (χ4n) is 2.83. The van der Waals surface area contributed by atoms with Crippen LogP contribution in [0.1, 0.15) is 32.5 Å². The summed E-state index contributed by atoms with van der Waals surface area (Å²) in [5.41, 5.74) is 0. The molecule has 0 amide bonds. The van der Waals surface area contributed by atoms with Crippen LogP contribution in [0.2, 0.25) is 0 Å². The van der Waals surface area contributed by atoms with Crippen LogP contribution in [-0.4, -0.2) is 85.9 Å². The SMILES string of the molecule is CN=C(NCCCc1nnc(SC)n1CC(C)C)NCCN(C)CCCOC. The van der Waals surface area contributed by atoms with Gasteiger partial charge in [0.05, 0.1) is 0 Å². The average Bonchev–Trinajstić information content (AvgIpc) is 3.04. The van der Waals surface area contributed by atoms with Crippen molar-refractivity contribution in [2.24, 2.45) is 10.9 Å². The molecule has 162 valence electrons. The molecule has 0 saturated carbocycles. The Morgan fingerprint density at radius 1 is 1.21 bits per heavy atom. The maximum atomic E-state index is 5.09. The second-order valence-corrected chi connectivity index (χ2v) is 8.06. The number of ether oxygens (including phenoxy) is 1. The number of rotatable bonds is 14. The van der Waals surface area contributed by atoms with Crippen molar-refractivity contribution in [2.75, 3.05) is 60.2 Å². The molecule has 0 unspecified atom stereocenters. The molecule has 1 rings (SSSR count). The highest BCUT2D eigenvalue weighted by Gasteiger charge is 2.12. The van der Waals surface area contributed by atoms with E-state index in [9.17, 15) is 0 Å². The zero-order valence-corrected chi connectivity index (χ0v) is 19.3. The number of nitrogens with one attached hydrogen (secondary N) is 2. The van der Waals surface area contributed by atoms with E-state index in [4.69, 9.17) is 4.74 Å². The van der Waals surface area contributed by atoms with Crippen LogP contribution in [0.25, 0.3) is 0 Å². The average molecular weight is 414 g/mol. The minimum atomic E-state index is 0.578. The van der Waals surface area contributed by atoms with Gasteiger partial charge in [-0.1, -0.05) is 25.6 Å². The summed E-state index contributed by atoms with van der Waals surface area (Å²) in [7, 11) is 5.68. The fourth-order valence-corrected chi connectivity index (χ4v) is 3.36. The van der Waals surface area contributed by atoms with E-state index in [2.05, 4.69) is 62.4 Å². The van der Waals surface area contributed by atoms with Crippen LogP contribution in [0, 0.1) is 5.92 Å². The van der Waals surface area contributed by atoms with Crippen LogP contribution in [0.4, 0.5) is 0 Å². The van der Waals surface area contributed by atoms with Crippen molar-refractivity contribution < 1.29 is 4.74 Å². The smallest absolute Gasteiger partial charge is 0.191 e. The lowest BCUT2D eigenvalue weighted by atomic mass is 10.2. The third-order valence-electron chi connectivity index (χ3n) is 4.29. The first-order valence-corrected chi connectivity index (χ1v) is 11.3. The van der Waals surface area contributed by atoms with Crippen molar-refractivity contribution >= 4 is 17.7 Å². The summed E-state index contributed by atoms with van der Waals surface area (Å²) in [4.78, 5) is 6.59. The molecule has 8 nitrogen and oxygen atoms in total. The zero-order chi connectivity index (χ0) is 20.8. The molecule has 0 saturated heterocycles. The van der Waals surface area contributed by atoms with Gasteiger partial charge in [-0.3, -0.25) is 4.99 Å². The van der Waals surface area contributed by atoms with E-state index in [0.29, 0.717) is 5.92 Å². The summed E-state index contributed by atoms with van der Waals surface area (Å²) in [6, 6.07) is 0. The highest BCUT2D eigenvalue weighted by molar-refractivity contribution is 7.98. The maximum absolute atomic E-state index is 5.09. The predicted molar refractivity (Wildman–Crippen MR) is 118 cm³/mol. The maximum Gasteiger partial charge on any atom is 0.191 e. The number of nitrogens with zero attached hydrogens (tertiary/aromatic N) is 5. The van der Waals surface area contributed by atoms with Gasteiger partial charge in [0.15, 0.2) is 11.1 Å². The molecule has 0 radical (unpaired) electrons. The van der Waals surface area contributed by atoms with Gasteiger partial charge in [-0.2, -0.15) is 0 Å². The Hall–Kier alpha value is -1.32. The molecule has 1 aromatic heterocycles. The molecule has 9 heteroatoms. The van der Waals surface area contributed by atoms with Crippen LogP contribution in [0.3, 0.4) is 0 Å². The molecule has 0 aliphatic rings. The minimum Gasteiger partial charge on any atom is -0.385 e. The van der Waals surface area contributed by atoms with Crippen molar-refractivity contribution in [3.8, 4) is 0 Å². The summed E-state index contributed by atoms with van der Waals surface area (Å²) in [6.45, 7) is 9.95. The Morgan fingerprint density at radius 3 is 2.61 bits per heavy atom. The van der Waals surface area contributed by atoms with Crippen LogP contribution in [-0.2, 0) is 17.7 Å². The Kier molecular flexibility index (Phi) is 12.9. The summed E-state index contributed by atoms with van der Waals surface area (Å²) < 4.78 is 7.34. The van der Waals surface area contributed by atoms with Gasteiger partial charge in [0, 0.05) is 59.9 Å². The molecule has 1 heterocycles. The van der Waals surface area contributed by atoms with E-state index in [1.54, 1.807) is 18.9 Å². The van der Waals surface area contributed by atoms with Crippen molar-refractivity contribution in [1.82, 2.24) is 30.3 Å². The summed E-state index contributed by atoms with van der Waals surface area (Å²) >= 11 is 1.66. The van der Waals surface area contributed by atoms with Gasteiger partial charge in [0.25, 0.3) is 0 Å². The molecule has 2 N–H and O–H groups in total. The molecule has 0 fully saturated rings. The predicted octanol–water partition coefficient (Wildman–Crippen LogP) is 1.72. The van der Waals surface area contributed by atoms with Gasteiger partial charge in [-0.25, -0.2) is 0 Å². The number of aromatic nitrogens is 3. The van der Waals surface area contributed by atoms with Gasteiger partial charge in [-0.15, -0.1) is 10.2 Å². The lowest BCUT2D eigenvalue weighted by Crippen LogP contribution is -2.41. The fraction of sp³-hybridized carbons (Fsp3) is 0.842. The van der Waals surface area contributed by atoms with Gasteiger partial charge in [0.1, 0.15) is 5.82 Å². The first-order chi connectivity index (χ1) is 13.5. The van der Waals surface area contributed by atoms with Crippen molar-refractivity contribution in [3.63, 3.8) is 0 Å². The molecule has 1 aromatic rings. The molecular formula is C19H39N7OS. The number of hydrogen-bond donors (Lipinski definition) is 2. The number of likely N-dealkylation sites (N-methyl/N-ethyl adjacent to an activating group) is 1. The van der Waals surface area contributed by atoms with E-state index >= 15 is 0 Å². The molecule has 0 aromatic carbocycles. The standard InChI is InChI=1S/C19H39N7OS/c1-16(2)15-26-17(23-24-19(26)28-6)9-7-10-21-18(20-3)22-11-13-25(4)12-8-14-27-5/h16H,7-15H2,1-6H3,(H2,20,21,22). The molecule has 0 spiro atoms. The topological polar surface area (TPSA) is 79.6 Å². The number of aliphatic imine (C=N–C) groups is 1. The molecular weight excluding hydrogens is 374 g/mol. The van der Waals surface area contributed by atoms with Crippen LogP contribution in [0.5, 0.6) is 0 Å². The van der Waals surface area contributed by atoms with Gasteiger partial charge in [-0.05, 0) is 32.1 Å². The second kappa shape index (κ2) is 14.6. The molecule has 0 aliphatic heterocycles. The highest BCUT2D eigenvalue weighted by atomic mass is 32.2. The second-order valence-electron chi connectivity index (χ2n) is 7.29. The number of methoxy groups -OCH3 is 1. The van der Waals surface area contributed by atoms with E-state index in [-0.39, 0.29) is 0 Å². The number of hydrogen-bond acceptors (Lipinski definition) is 6. The first-order valence-electron chi connectivity index (χ1n) is 10.1. The summed E-state index contributed by atoms with van der Waals surface area (Å²) in [5.74, 6) is 2.49. The van der Waals surface area contributed by atoms with Gasteiger partial charge < -0.3 is 24.8 Å². The lowest BCUT2D eigenvalue weighted by Gasteiger charge is -2.18. The minimum absolute atomic E-state index is 0.578. The van der Waals surface area contributed by atoms with Crippen molar-refractivity contribution in [3.05, 3.63) is 5.82 Å². The van der Waals surface area contributed by atoms with E-state index in [0.717, 1.165) is 75.5 Å². The van der Waals surface area contributed by atoms with Gasteiger partial charge in [0.2, 0.25) is 0 Å².